The van der Waals surface area contributed by atoms with Gasteiger partial charge in [0.1, 0.15) is 0 Å². The van der Waals surface area contributed by atoms with E-state index in [2.05, 4.69) is 0 Å². The first-order valence-corrected chi connectivity index (χ1v) is 106. The molecule has 0 radical (unpaired) electrons. The van der Waals surface area contributed by atoms with Crippen molar-refractivity contribution in [1.29, 1.82) is 0 Å². The van der Waals surface area contributed by atoms with Gasteiger partial charge in [-0.05, 0) is 0 Å². The van der Waals surface area contributed by atoms with Crippen molar-refractivity contribution in [3.63, 3.8) is 0 Å². The van der Waals surface area contributed by atoms with Crippen molar-refractivity contribution < 1.29 is 0 Å². The molecule has 0 bridgehead atoms. The van der Waals surface area contributed by atoms with E-state index in [0.29, 0.717) is 0 Å². The Bertz CT molecular complexity index is 5030. The summed E-state index contributed by atoms with van der Waals surface area (Å²) in [5, 5.41) is 0. The van der Waals surface area contributed by atoms with Gasteiger partial charge in [0, 0.05) is 644 Å². The molecule has 0 nitrogen and oxygen atoms in total. The average molecular weight is 2310 g/mol. The minimum Gasteiger partial charge on any atom is 0 e. The summed E-state index contributed by atoms with van der Waals surface area (Å²) in [6, 6.07) is 0. The van der Waals surface area contributed by atoms with E-state index in [4.69, 9.17) is 22.4 Å². The molecule has 0 aromatic heterocycles. The van der Waals surface area contributed by atoms with Gasteiger partial charge in [0.2, 0.25) is 0 Å². The molecule has 72 heavy (non-hydrogen) atoms. The lowest BCUT2D eigenvalue weighted by molar-refractivity contribution is 5.95. The SMILES string of the molecule is S=S=S=S=S=S=S=S=S=S=S=S=S=S=S=S=S=S=S=S=S=S=S=S=S=S=S=S=S=S=S=S=S=S=S=S=S=S=S=S=S=S=S=S=S=S=S=S=S=S=S=S=S=S=S=S=S=S=S=S=S=S=S=S=S=S=S=S=S=S=S=S. The largest absolute Gasteiger partial charge is 0 e. The summed E-state index contributed by atoms with van der Waals surface area (Å²) in [7, 11) is 126. The van der Waals surface area contributed by atoms with Crippen LogP contribution in [0.2, 0.25) is 0 Å². The average Bonchev–Trinajstić information content (AvgIpc) is 3.39. The smallest absolute Gasteiger partial charge is 0 e. The van der Waals surface area contributed by atoms with E-state index in [1.54, 1.807) is 107 Å². The van der Waals surface area contributed by atoms with E-state index >= 15 is 0 Å². The predicted octanol–water partition coefficient (Wildman–Crippen LogP) is -0.173. The number of hydrogen-bond acceptors (Lipinski definition) is 2. The third kappa shape index (κ3) is 85.8. The Morgan fingerprint density at radius 3 is 0.153 bits per heavy atom. The Labute approximate surface area is 624 Å². The molecule has 72 heteroatoms. The van der Waals surface area contributed by atoms with Crippen LogP contribution in [0, 0.1) is 0 Å². The molecule has 0 fully saturated rings. The van der Waals surface area contributed by atoms with E-state index in [1.807, 2.05) is 497 Å². The summed E-state index contributed by atoms with van der Waals surface area (Å²) in [6.07, 6.45) is 0. The van der Waals surface area contributed by atoms with Crippen molar-refractivity contribution in [2.45, 2.75) is 0 Å². The lowest BCUT2D eigenvalue weighted by atomic mass is 30.7. The van der Waals surface area contributed by atoms with Crippen LogP contribution in [0.25, 0.3) is 0 Å². The zero-order valence-corrected chi connectivity index (χ0v) is 88.2. The van der Waals surface area contributed by atoms with Crippen LogP contribution >= 0.6 is 0 Å². The topological polar surface area (TPSA) is 0 Å². The van der Waals surface area contributed by atoms with Crippen LogP contribution in [-0.2, 0) is 644 Å². The Morgan fingerprint density at radius 2 is 0.111 bits per heavy atom. The van der Waals surface area contributed by atoms with Gasteiger partial charge < -0.3 is 0 Å². The molecule has 0 N–H and O–H groups in total. The molecule has 0 rings (SSSR count). The van der Waals surface area contributed by atoms with E-state index < -0.39 is 0 Å². The third-order valence-corrected chi connectivity index (χ3v) is 155. The van der Waals surface area contributed by atoms with Crippen molar-refractivity contribution in [2.75, 3.05) is 0 Å². The van der Waals surface area contributed by atoms with Crippen molar-refractivity contribution in [2.24, 2.45) is 0 Å². The number of rotatable bonds is 0. The summed E-state index contributed by atoms with van der Waals surface area (Å²) in [5.74, 6) is 0. The first-order valence-electron chi connectivity index (χ1n) is 11.8. The van der Waals surface area contributed by atoms with Crippen molar-refractivity contribution in [3.05, 3.63) is 0 Å². The first kappa shape index (κ1) is 87.8. The van der Waals surface area contributed by atoms with E-state index in [9.17, 15) is 0 Å². The van der Waals surface area contributed by atoms with Gasteiger partial charge >= 0.3 is 0 Å². The predicted molar refractivity (Wildman–Crippen MR) is 530 cm³/mol. The van der Waals surface area contributed by atoms with Crippen LogP contribution in [0.4, 0.5) is 0 Å². The van der Waals surface area contributed by atoms with Crippen LogP contribution in [0.15, 0.2) is 0 Å². The van der Waals surface area contributed by atoms with Crippen molar-refractivity contribution >= 4 is 644 Å². The highest BCUT2D eigenvalue weighted by Gasteiger charge is 1.48. The summed E-state index contributed by atoms with van der Waals surface area (Å²) in [5.41, 5.74) is 0. The minimum absolute atomic E-state index is 1.37. The highest BCUT2D eigenvalue weighted by atomic mass is 33.5. The second-order valence-corrected chi connectivity index (χ2v) is 129. The Hall–Kier alpha value is 15.8. The third-order valence-electron chi connectivity index (χ3n) is 1.92. The molecular formula is S72. The molecule has 0 aromatic carbocycles. The molecule has 432 valence electrons. The van der Waals surface area contributed by atoms with Crippen LogP contribution in [-0.4, -0.2) is 0 Å². The fourth-order valence-corrected chi connectivity index (χ4v) is 187. The second-order valence-electron chi connectivity index (χ2n) is 4.76. The van der Waals surface area contributed by atoms with Crippen LogP contribution in [0.5, 0.6) is 0 Å². The molecule has 0 atom stereocenters. The first-order chi connectivity index (χ1) is 35.9. The minimum atomic E-state index is 1.37. The molecule has 0 heterocycles. The summed E-state index contributed by atoms with van der Waals surface area (Å²) >= 11 is 9.65. The fourth-order valence-electron chi connectivity index (χ4n) is 0.771. The molecule has 0 aliphatic carbocycles. The number of hydrogen-bond donors (Lipinski definition) is 0. The zero-order valence-electron chi connectivity index (χ0n) is 29.4. The summed E-state index contributed by atoms with van der Waals surface area (Å²) < 4.78 is 0. The quantitative estimate of drug-likeness (QED) is 0.331. The molecular weight excluding hydrogens is 2310 g/mol. The Kier molecular flexibility index (Phi) is 106. The molecule has 0 saturated heterocycles. The van der Waals surface area contributed by atoms with Crippen LogP contribution in [0.3, 0.4) is 0 Å². The van der Waals surface area contributed by atoms with Gasteiger partial charge in [0.15, 0.2) is 0 Å². The Balaban J connectivity index is 6.14. The lowest BCUT2D eigenvalue weighted by Crippen LogP contribution is -1.41. The standard InChI is InChI=1S/S72/c1-3-5-7-9-11-13-15-17-19-21-23-25-27-29-31-33-35-37-39-41-43-45-47-49-51-53-55-57-59-61-63-65-67-69-71-72-70-68-66-64-62-60-58-56-54-52-50-48-46-44-42-40-38-36-34-32-30-28-26-24-22-20-18-16-14-12-10-8-6-4-2. The fraction of sp³-hybridized carbons (Fsp3) is 0. The van der Waals surface area contributed by atoms with Crippen LogP contribution in [0.1, 0.15) is 0 Å². The van der Waals surface area contributed by atoms with Gasteiger partial charge in [-0.15, -0.1) is 0 Å². The lowest BCUT2D eigenvalue weighted by Gasteiger charge is -1.41. The second kappa shape index (κ2) is 86.8. The maximum atomic E-state index is 4.82. The van der Waals surface area contributed by atoms with Gasteiger partial charge in [0.05, 0.1) is 0 Å². The molecule has 0 aromatic rings. The van der Waals surface area contributed by atoms with Gasteiger partial charge in [-0.3, -0.25) is 0 Å². The van der Waals surface area contributed by atoms with E-state index in [-0.39, 0.29) is 0 Å². The maximum Gasteiger partial charge on any atom is 0 e. The van der Waals surface area contributed by atoms with E-state index in [1.165, 1.54) is 17.8 Å². The Morgan fingerprint density at radius 1 is 0.0694 bits per heavy atom. The molecule has 0 saturated carbocycles. The highest BCUT2D eigenvalue weighted by Crippen LogP contribution is 1.48. The molecule has 0 aliphatic rings. The molecule has 0 aliphatic heterocycles. The molecule has 0 unspecified atom stereocenters. The summed E-state index contributed by atoms with van der Waals surface area (Å²) in [4.78, 5) is 0. The monoisotopic (exact) mass is 2300 g/mol. The normalized spacial score (nSPS) is 7.83. The van der Waals surface area contributed by atoms with Gasteiger partial charge in [0.25, 0.3) is 0 Å². The summed E-state index contributed by atoms with van der Waals surface area (Å²) in [6.45, 7) is 0. The van der Waals surface area contributed by atoms with Gasteiger partial charge in [-0.25, -0.2) is 0 Å². The highest BCUT2D eigenvalue weighted by molar-refractivity contribution is 8.84. The van der Waals surface area contributed by atoms with Gasteiger partial charge in [-0.2, -0.15) is 0 Å². The van der Waals surface area contributed by atoms with Crippen molar-refractivity contribution in [3.8, 4) is 0 Å². The zero-order chi connectivity index (χ0) is 51.5. The molecule has 0 spiro atoms. The van der Waals surface area contributed by atoms with Crippen molar-refractivity contribution in [1.82, 2.24) is 0 Å². The van der Waals surface area contributed by atoms with E-state index in [0.717, 1.165) is 0 Å². The van der Waals surface area contributed by atoms with Gasteiger partial charge in [-0.1, -0.05) is 0 Å². The maximum absolute atomic E-state index is 4.82. The van der Waals surface area contributed by atoms with Crippen LogP contribution < -0.4 is 0 Å². The molecule has 0 amide bonds.